The number of aliphatic imine (C=N–C) groups is 1. The molecule has 0 spiro atoms. The first kappa shape index (κ1) is 31.1. The predicted octanol–water partition coefficient (Wildman–Crippen LogP) is 2.14. The molecular formula is C27H52N4O5. The van der Waals surface area contributed by atoms with Gasteiger partial charge in [0, 0.05) is 44.0 Å². The molecule has 210 valence electrons. The average Bonchev–Trinajstić information content (AvgIpc) is 3.37. The van der Waals surface area contributed by atoms with Crippen molar-refractivity contribution in [2.24, 2.45) is 10.9 Å². The molecule has 2 aliphatic heterocycles. The molecule has 2 aliphatic rings. The van der Waals surface area contributed by atoms with E-state index in [2.05, 4.69) is 27.4 Å². The number of unbranched alkanes of at least 4 members (excludes halogenated alkanes) is 3. The quantitative estimate of drug-likeness (QED) is 0.145. The topological polar surface area (TPSA) is 138 Å². The number of aliphatic hydroxyl groups is 3. The van der Waals surface area contributed by atoms with E-state index in [1.165, 1.54) is 0 Å². The molecule has 0 aliphatic carbocycles. The summed E-state index contributed by atoms with van der Waals surface area (Å²) >= 11 is 0. The van der Waals surface area contributed by atoms with Crippen molar-refractivity contribution in [2.45, 2.75) is 121 Å². The number of piperidine rings is 1. The fourth-order valence-electron chi connectivity index (χ4n) is 5.83. The number of nitrogens with one attached hydrogen (secondary N) is 2. The zero-order chi connectivity index (χ0) is 26.4. The molecule has 6 atom stereocenters. The number of aliphatic hydroxyl groups excluding tert-OH is 2. The molecule has 0 aromatic carbocycles. The van der Waals surface area contributed by atoms with Gasteiger partial charge in [-0.25, -0.2) is 0 Å². The van der Waals surface area contributed by atoms with E-state index >= 15 is 0 Å². The molecule has 0 saturated carbocycles. The number of likely N-dealkylation sites (N-methyl/N-ethyl adjacent to an activating group) is 1. The molecule has 36 heavy (non-hydrogen) atoms. The summed E-state index contributed by atoms with van der Waals surface area (Å²) in [5, 5.41) is 46.4. The number of carboxylic acids is 1. The first-order valence-corrected chi connectivity index (χ1v) is 14.2. The Morgan fingerprint density at radius 1 is 1.22 bits per heavy atom. The van der Waals surface area contributed by atoms with Crippen LogP contribution in [-0.2, 0) is 4.79 Å². The lowest BCUT2D eigenvalue weighted by Crippen LogP contribution is -2.60. The predicted molar refractivity (Wildman–Crippen MR) is 143 cm³/mol. The maximum Gasteiger partial charge on any atom is 0.306 e. The molecule has 2 rings (SSSR count). The summed E-state index contributed by atoms with van der Waals surface area (Å²) in [6.45, 7) is 6.83. The van der Waals surface area contributed by atoms with Crippen LogP contribution in [0.15, 0.2) is 4.99 Å². The minimum Gasteiger partial charge on any atom is -0.481 e. The number of carboxylic acid groups (broad SMARTS) is 1. The minimum absolute atomic E-state index is 0.0953. The fourth-order valence-corrected chi connectivity index (χ4v) is 5.83. The SMILES string of the molecule is CCNCC(O)(CCCCCCC(CCCO)CCC1NC(C)C(O)CC1N1CC=NC1)CC(=O)O. The summed E-state index contributed by atoms with van der Waals surface area (Å²) in [5.74, 6) is -0.396. The van der Waals surface area contributed by atoms with Crippen molar-refractivity contribution in [1.82, 2.24) is 15.5 Å². The second-order valence-electron chi connectivity index (χ2n) is 11.0. The van der Waals surface area contributed by atoms with Crippen LogP contribution in [-0.4, -0.2) is 100 Å². The molecule has 6 N–H and O–H groups in total. The van der Waals surface area contributed by atoms with Crippen LogP contribution >= 0.6 is 0 Å². The van der Waals surface area contributed by atoms with Gasteiger partial charge in [-0.1, -0.05) is 39.0 Å². The number of rotatable bonds is 19. The van der Waals surface area contributed by atoms with Gasteiger partial charge >= 0.3 is 5.97 Å². The molecule has 1 saturated heterocycles. The van der Waals surface area contributed by atoms with E-state index in [0.29, 0.717) is 44.2 Å². The smallest absolute Gasteiger partial charge is 0.306 e. The van der Waals surface area contributed by atoms with Crippen molar-refractivity contribution >= 4 is 12.2 Å². The van der Waals surface area contributed by atoms with Gasteiger partial charge in [0.05, 0.1) is 24.8 Å². The van der Waals surface area contributed by atoms with Crippen LogP contribution in [0.1, 0.15) is 90.9 Å². The highest BCUT2D eigenvalue weighted by molar-refractivity contribution is 5.68. The Kier molecular flexibility index (Phi) is 14.4. The summed E-state index contributed by atoms with van der Waals surface area (Å²) in [5.41, 5.74) is -1.18. The molecule has 6 unspecified atom stereocenters. The summed E-state index contributed by atoms with van der Waals surface area (Å²) in [6.07, 6.45) is 11.8. The Morgan fingerprint density at radius 3 is 2.64 bits per heavy atom. The molecular weight excluding hydrogens is 460 g/mol. The third-order valence-corrected chi connectivity index (χ3v) is 8.02. The second-order valence-corrected chi connectivity index (χ2v) is 11.0. The Bertz CT molecular complexity index is 644. The molecule has 2 heterocycles. The van der Waals surface area contributed by atoms with E-state index in [9.17, 15) is 20.1 Å². The van der Waals surface area contributed by atoms with E-state index in [4.69, 9.17) is 5.11 Å². The molecule has 9 heteroatoms. The highest BCUT2D eigenvalue weighted by Gasteiger charge is 2.37. The van der Waals surface area contributed by atoms with Crippen LogP contribution in [0.5, 0.6) is 0 Å². The molecule has 0 radical (unpaired) electrons. The van der Waals surface area contributed by atoms with Crippen LogP contribution in [0.4, 0.5) is 0 Å². The highest BCUT2D eigenvalue weighted by Crippen LogP contribution is 2.28. The summed E-state index contributed by atoms with van der Waals surface area (Å²) < 4.78 is 0. The highest BCUT2D eigenvalue weighted by atomic mass is 16.4. The number of aliphatic carboxylic acids is 1. The van der Waals surface area contributed by atoms with Gasteiger partial charge in [0.2, 0.25) is 0 Å². The third kappa shape index (κ3) is 11.1. The van der Waals surface area contributed by atoms with Gasteiger partial charge in [-0.05, 0) is 57.9 Å². The van der Waals surface area contributed by atoms with E-state index in [0.717, 1.165) is 70.8 Å². The van der Waals surface area contributed by atoms with E-state index in [1.54, 1.807) is 0 Å². The normalized spacial score (nSPS) is 27.2. The number of hydrogen-bond acceptors (Lipinski definition) is 8. The van der Waals surface area contributed by atoms with Crippen molar-refractivity contribution in [1.29, 1.82) is 0 Å². The molecule has 0 bridgehead atoms. The third-order valence-electron chi connectivity index (χ3n) is 8.02. The maximum atomic E-state index is 11.1. The van der Waals surface area contributed by atoms with Gasteiger partial charge in [-0.2, -0.15) is 0 Å². The molecule has 0 aromatic rings. The van der Waals surface area contributed by atoms with E-state index < -0.39 is 11.6 Å². The average molecular weight is 513 g/mol. The molecule has 1 fully saturated rings. The largest absolute Gasteiger partial charge is 0.481 e. The number of carbonyl (C=O) groups is 1. The lowest BCUT2D eigenvalue weighted by atomic mass is 9.84. The van der Waals surface area contributed by atoms with Crippen LogP contribution in [0, 0.1) is 5.92 Å². The van der Waals surface area contributed by atoms with Gasteiger partial charge in [-0.3, -0.25) is 14.7 Å². The first-order valence-electron chi connectivity index (χ1n) is 14.2. The lowest BCUT2D eigenvalue weighted by molar-refractivity contribution is -0.142. The molecule has 9 nitrogen and oxygen atoms in total. The van der Waals surface area contributed by atoms with Crippen LogP contribution in [0.2, 0.25) is 0 Å². The van der Waals surface area contributed by atoms with Crippen molar-refractivity contribution < 1.29 is 25.2 Å². The van der Waals surface area contributed by atoms with E-state index in [1.807, 2.05) is 13.1 Å². The van der Waals surface area contributed by atoms with Gasteiger partial charge in [0.15, 0.2) is 0 Å². The monoisotopic (exact) mass is 512 g/mol. The standard InChI is InChI=1S/C27H52N4O5/c1-3-28-19-27(36,18-26(34)35)13-7-5-4-6-9-22(10-8-16-32)11-12-23-24(31-15-14-29-20-31)17-25(33)21(2)30-23/h14,21-25,28,30,32-33,36H,3-13,15-20H2,1-2H3,(H,34,35). The zero-order valence-electron chi connectivity index (χ0n) is 22.6. The van der Waals surface area contributed by atoms with Crippen molar-refractivity contribution in [3.8, 4) is 0 Å². The summed E-state index contributed by atoms with van der Waals surface area (Å²) in [4.78, 5) is 17.9. The Hall–Kier alpha value is -1.10. The fraction of sp³-hybridized carbons (Fsp3) is 0.926. The summed E-state index contributed by atoms with van der Waals surface area (Å²) in [6, 6.07) is 0.729. The Morgan fingerprint density at radius 2 is 1.97 bits per heavy atom. The zero-order valence-corrected chi connectivity index (χ0v) is 22.6. The van der Waals surface area contributed by atoms with Gasteiger partial charge in [0.25, 0.3) is 0 Å². The van der Waals surface area contributed by atoms with Crippen molar-refractivity contribution in [3.05, 3.63) is 0 Å². The number of hydrogen-bond donors (Lipinski definition) is 6. The first-order chi connectivity index (χ1) is 17.3. The molecule has 0 amide bonds. The second kappa shape index (κ2) is 16.7. The Balaban J connectivity index is 1.76. The van der Waals surface area contributed by atoms with Crippen LogP contribution < -0.4 is 10.6 Å². The Labute approximate surface area is 217 Å². The molecule has 0 aromatic heterocycles. The van der Waals surface area contributed by atoms with Gasteiger partial charge in [-0.15, -0.1) is 0 Å². The summed E-state index contributed by atoms with van der Waals surface area (Å²) in [7, 11) is 0. The lowest BCUT2D eigenvalue weighted by Gasteiger charge is -2.43. The van der Waals surface area contributed by atoms with Gasteiger partial charge < -0.3 is 31.1 Å². The van der Waals surface area contributed by atoms with Crippen LogP contribution in [0.25, 0.3) is 0 Å². The van der Waals surface area contributed by atoms with Gasteiger partial charge in [0.1, 0.15) is 0 Å². The maximum absolute atomic E-state index is 11.1. The minimum atomic E-state index is -1.18. The van der Waals surface area contributed by atoms with Crippen LogP contribution in [0.3, 0.4) is 0 Å². The van der Waals surface area contributed by atoms with Crippen molar-refractivity contribution in [3.63, 3.8) is 0 Å². The van der Waals surface area contributed by atoms with E-state index in [-0.39, 0.29) is 25.2 Å². The van der Waals surface area contributed by atoms with Crippen molar-refractivity contribution in [2.75, 3.05) is 32.9 Å². The number of nitrogens with zero attached hydrogens (tertiary/aromatic N) is 2.